The van der Waals surface area contributed by atoms with Gasteiger partial charge in [-0.05, 0) is 48.0 Å². The van der Waals surface area contributed by atoms with Crippen LogP contribution >= 0.6 is 11.6 Å². The first-order valence-corrected chi connectivity index (χ1v) is 9.85. The molecule has 0 aromatic heterocycles. The number of benzene rings is 2. The Bertz CT molecular complexity index is 962. The zero-order chi connectivity index (χ0) is 20.7. The lowest BCUT2D eigenvalue weighted by Crippen LogP contribution is -2.36. The zero-order valence-corrected chi connectivity index (χ0v) is 17.1. The van der Waals surface area contributed by atoms with Crippen molar-refractivity contribution in [1.29, 1.82) is 0 Å². The van der Waals surface area contributed by atoms with Crippen molar-refractivity contribution < 1.29 is 22.7 Å². The second-order valence-electron chi connectivity index (χ2n) is 5.62. The smallest absolute Gasteiger partial charge is 0.255 e. The third kappa shape index (κ3) is 5.44. The van der Waals surface area contributed by atoms with Crippen LogP contribution < -0.4 is 14.9 Å². The molecule has 2 aromatic carbocycles. The molecule has 2 rings (SSSR count). The van der Waals surface area contributed by atoms with Crippen molar-refractivity contribution in [3.8, 4) is 11.5 Å². The molecule has 0 radical (unpaired) electrons. The average molecular weight is 426 g/mol. The van der Waals surface area contributed by atoms with E-state index in [2.05, 4.69) is 10.5 Å². The summed E-state index contributed by atoms with van der Waals surface area (Å²) in [5.41, 5.74) is 2.96. The molecular weight excluding hydrogens is 406 g/mol. The van der Waals surface area contributed by atoms with E-state index in [1.807, 2.05) is 0 Å². The molecule has 0 aliphatic heterocycles. The normalized spacial score (nSPS) is 11.6. The standard InChI is InChI=1S/C18H20ClN3O5S/c1-22(28(24,25)15-7-5-14(19)6-8-15)12-18(23)21-20-11-13-4-9-16(26-2)17(10-13)27-3/h4-11H,12H2,1-3H3,(H,21,23)/b20-11-. The lowest BCUT2D eigenvalue weighted by molar-refractivity contribution is -0.121. The van der Waals surface area contributed by atoms with Crippen LogP contribution in [-0.4, -0.2) is 52.7 Å². The molecular formula is C18H20ClN3O5S. The number of ether oxygens (including phenoxy) is 2. The van der Waals surface area contributed by atoms with Crippen molar-refractivity contribution in [3.05, 3.63) is 53.1 Å². The number of hydrogen-bond acceptors (Lipinski definition) is 6. The molecule has 0 atom stereocenters. The van der Waals surface area contributed by atoms with E-state index in [0.717, 1.165) is 4.31 Å². The van der Waals surface area contributed by atoms with Gasteiger partial charge in [-0.15, -0.1) is 0 Å². The zero-order valence-electron chi connectivity index (χ0n) is 15.5. The van der Waals surface area contributed by atoms with Crippen LogP contribution in [0.3, 0.4) is 0 Å². The third-order valence-electron chi connectivity index (χ3n) is 3.70. The van der Waals surface area contributed by atoms with Crippen LogP contribution in [0.25, 0.3) is 0 Å². The van der Waals surface area contributed by atoms with Gasteiger partial charge >= 0.3 is 0 Å². The predicted molar refractivity (Wildman–Crippen MR) is 107 cm³/mol. The SMILES string of the molecule is COc1ccc(/C=N\NC(=O)CN(C)S(=O)(=O)c2ccc(Cl)cc2)cc1OC. The number of carbonyl (C=O) groups excluding carboxylic acids is 1. The van der Waals surface area contributed by atoms with Crippen molar-refractivity contribution in [1.82, 2.24) is 9.73 Å². The van der Waals surface area contributed by atoms with E-state index in [0.29, 0.717) is 22.1 Å². The Kier molecular flexibility index (Phi) is 7.38. The fourth-order valence-electron chi connectivity index (χ4n) is 2.22. The van der Waals surface area contributed by atoms with Crippen molar-refractivity contribution in [3.63, 3.8) is 0 Å². The molecule has 0 heterocycles. The fourth-order valence-corrected chi connectivity index (χ4v) is 3.47. The molecule has 0 bridgehead atoms. The molecule has 1 N–H and O–H groups in total. The van der Waals surface area contributed by atoms with E-state index in [-0.39, 0.29) is 4.90 Å². The van der Waals surface area contributed by atoms with Crippen LogP contribution in [0.5, 0.6) is 11.5 Å². The Morgan fingerprint density at radius 3 is 2.39 bits per heavy atom. The molecule has 0 saturated carbocycles. The van der Waals surface area contributed by atoms with Crippen LogP contribution in [0, 0.1) is 0 Å². The molecule has 2 aromatic rings. The first-order chi connectivity index (χ1) is 13.3. The number of methoxy groups -OCH3 is 2. The highest BCUT2D eigenvalue weighted by molar-refractivity contribution is 7.89. The van der Waals surface area contributed by atoms with Crippen molar-refractivity contribution >= 4 is 33.7 Å². The van der Waals surface area contributed by atoms with Gasteiger partial charge in [0.05, 0.1) is 31.9 Å². The molecule has 0 aliphatic rings. The largest absolute Gasteiger partial charge is 0.493 e. The molecule has 0 saturated heterocycles. The summed E-state index contributed by atoms with van der Waals surface area (Å²) in [7, 11) is 0.534. The van der Waals surface area contributed by atoms with Crippen molar-refractivity contribution in [2.24, 2.45) is 5.10 Å². The average Bonchev–Trinajstić information content (AvgIpc) is 2.68. The Hall–Kier alpha value is -2.62. The lowest BCUT2D eigenvalue weighted by atomic mass is 10.2. The maximum absolute atomic E-state index is 12.4. The molecule has 0 unspecified atom stereocenters. The number of amides is 1. The van der Waals surface area contributed by atoms with Crippen molar-refractivity contribution in [2.75, 3.05) is 27.8 Å². The number of nitrogens with one attached hydrogen (secondary N) is 1. The maximum Gasteiger partial charge on any atom is 0.255 e. The number of rotatable bonds is 8. The van der Waals surface area contributed by atoms with Crippen LogP contribution in [0.2, 0.25) is 5.02 Å². The highest BCUT2D eigenvalue weighted by Gasteiger charge is 2.22. The molecule has 10 heteroatoms. The van der Waals surface area contributed by atoms with Crippen LogP contribution in [0.15, 0.2) is 52.5 Å². The summed E-state index contributed by atoms with van der Waals surface area (Å²) in [6, 6.07) is 10.8. The van der Waals surface area contributed by atoms with Gasteiger partial charge in [-0.3, -0.25) is 4.79 Å². The molecule has 28 heavy (non-hydrogen) atoms. The van der Waals surface area contributed by atoms with Crippen molar-refractivity contribution in [2.45, 2.75) is 4.90 Å². The third-order valence-corrected chi connectivity index (χ3v) is 5.77. The van der Waals surface area contributed by atoms with Gasteiger partial charge in [-0.25, -0.2) is 13.8 Å². The lowest BCUT2D eigenvalue weighted by Gasteiger charge is -2.16. The number of halogens is 1. The highest BCUT2D eigenvalue weighted by atomic mass is 35.5. The molecule has 0 fully saturated rings. The minimum Gasteiger partial charge on any atom is -0.493 e. The highest BCUT2D eigenvalue weighted by Crippen LogP contribution is 2.26. The van der Waals surface area contributed by atoms with Gasteiger partial charge in [0.1, 0.15) is 0 Å². The summed E-state index contributed by atoms with van der Waals surface area (Å²) in [5, 5.41) is 4.25. The Morgan fingerprint density at radius 1 is 1.14 bits per heavy atom. The van der Waals surface area contributed by atoms with Gasteiger partial charge in [0.2, 0.25) is 10.0 Å². The second-order valence-corrected chi connectivity index (χ2v) is 8.10. The van der Waals surface area contributed by atoms with Gasteiger partial charge in [0, 0.05) is 12.1 Å². The quantitative estimate of drug-likeness (QED) is 0.516. The van der Waals surface area contributed by atoms with E-state index in [1.165, 1.54) is 51.7 Å². The summed E-state index contributed by atoms with van der Waals surface area (Å²) < 4.78 is 36.1. The van der Waals surface area contributed by atoms with E-state index >= 15 is 0 Å². The van der Waals surface area contributed by atoms with E-state index in [4.69, 9.17) is 21.1 Å². The number of sulfonamides is 1. The van der Waals surface area contributed by atoms with Gasteiger partial charge in [-0.2, -0.15) is 9.41 Å². The summed E-state index contributed by atoms with van der Waals surface area (Å²) in [6.45, 7) is -0.395. The minimum atomic E-state index is -3.81. The molecule has 1 amide bonds. The second kappa shape index (κ2) is 9.54. The monoisotopic (exact) mass is 425 g/mol. The van der Waals surface area contributed by atoms with Gasteiger partial charge in [0.25, 0.3) is 5.91 Å². The Morgan fingerprint density at radius 2 is 1.79 bits per heavy atom. The van der Waals surface area contributed by atoms with Gasteiger partial charge < -0.3 is 9.47 Å². The number of hydrogen-bond donors (Lipinski definition) is 1. The number of likely N-dealkylation sites (N-methyl/N-ethyl adjacent to an activating group) is 1. The van der Waals surface area contributed by atoms with E-state index < -0.39 is 22.5 Å². The van der Waals surface area contributed by atoms with Crippen LogP contribution in [0.1, 0.15) is 5.56 Å². The summed E-state index contributed by atoms with van der Waals surface area (Å²) in [4.78, 5) is 12.0. The predicted octanol–water partition coefficient (Wildman–Crippen LogP) is 2.13. The van der Waals surface area contributed by atoms with Gasteiger partial charge in [0.15, 0.2) is 11.5 Å². The molecule has 8 nitrogen and oxygen atoms in total. The minimum absolute atomic E-state index is 0.0426. The molecule has 0 spiro atoms. The Labute approximate surface area is 168 Å². The summed E-state index contributed by atoms with van der Waals surface area (Å²) in [6.07, 6.45) is 1.41. The summed E-state index contributed by atoms with van der Waals surface area (Å²) >= 11 is 5.77. The van der Waals surface area contributed by atoms with E-state index in [1.54, 1.807) is 18.2 Å². The number of hydrazone groups is 1. The fraction of sp³-hybridized carbons (Fsp3) is 0.222. The van der Waals surface area contributed by atoms with Crippen LogP contribution in [0.4, 0.5) is 0 Å². The molecule has 150 valence electrons. The Balaban J connectivity index is 1.98. The van der Waals surface area contributed by atoms with Gasteiger partial charge in [-0.1, -0.05) is 11.6 Å². The van der Waals surface area contributed by atoms with E-state index in [9.17, 15) is 13.2 Å². The van der Waals surface area contributed by atoms with Crippen LogP contribution in [-0.2, 0) is 14.8 Å². The first kappa shape index (κ1) is 21.7. The topological polar surface area (TPSA) is 97.3 Å². The first-order valence-electron chi connectivity index (χ1n) is 8.03. The number of nitrogens with zero attached hydrogens (tertiary/aromatic N) is 2. The maximum atomic E-state index is 12.4. The number of carbonyl (C=O) groups is 1. The molecule has 0 aliphatic carbocycles. The summed E-state index contributed by atoms with van der Waals surface area (Å²) in [5.74, 6) is 0.501.